The predicted octanol–water partition coefficient (Wildman–Crippen LogP) is 5.18. The molecule has 6 nitrogen and oxygen atoms in total. The molecule has 2 amide bonds. The maximum atomic E-state index is 13.4. The van der Waals surface area contributed by atoms with Gasteiger partial charge in [0.1, 0.15) is 0 Å². The summed E-state index contributed by atoms with van der Waals surface area (Å²) in [6.07, 6.45) is 1.30. The first kappa shape index (κ1) is 28.0. The number of carbonyl (C=O) groups is 2. The highest BCUT2D eigenvalue weighted by Gasteiger charge is 2.31. The van der Waals surface area contributed by atoms with Crippen molar-refractivity contribution in [2.24, 2.45) is 0 Å². The Balaban J connectivity index is 1.69. The molecular formula is C25H30Cl4N4O2. The van der Waals surface area contributed by atoms with E-state index in [9.17, 15) is 9.59 Å². The normalized spacial score (nSPS) is 18.6. The molecule has 1 heterocycles. The average molecular weight is 560 g/mol. The quantitative estimate of drug-likeness (QED) is 0.396. The fourth-order valence-corrected chi connectivity index (χ4v) is 4.87. The summed E-state index contributed by atoms with van der Waals surface area (Å²) in [6.45, 7) is 6.16. The third-order valence-corrected chi connectivity index (χ3v) is 6.94. The van der Waals surface area contributed by atoms with Crippen LogP contribution in [0.3, 0.4) is 0 Å². The van der Waals surface area contributed by atoms with Gasteiger partial charge in [-0.25, -0.2) is 0 Å². The van der Waals surface area contributed by atoms with E-state index in [0.29, 0.717) is 70.7 Å². The summed E-state index contributed by atoms with van der Waals surface area (Å²) in [5.41, 5.74) is 1.31. The van der Waals surface area contributed by atoms with Crippen molar-refractivity contribution < 1.29 is 9.59 Å². The van der Waals surface area contributed by atoms with Crippen LogP contribution in [0.15, 0.2) is 36.4 Å². The van der Waals surface area contributed by atoms with Gasteiger partial charge in [0.05, 0.1) is 16.1 Å². The number of nitrogens with one attached hydrogen (secondary N) is 3. The van der Waals surface area contributed by atoms with Gasteiger partial charge < -0.3 is 20.9 Å². The Morgan fingerprint density at radius 2 is 1.80 bits per heavy atom. The molecule has 35 heavy (non-hydrogen) atoms. The molecule has 1 aliphatic heterocycles. The Morgan fingerprint density at radius 3 is 2.46 bits per heavy atom. The van der Waals surface area contributed by atoms with E-state index in [2.05, 4.69) is 29.8 Å². The first-order chi connectivity index (χ1) is 16.6. The molecule has 2 aromatic carbocycles. The molecule has 1 saturated heterocycles. The van der Waals surface area contributed by atoms with Gasteiger partial charge in [0.15, 0.2) is 0 Å². The van der Waals surface area contributed by atoms with Gasteiger partial charge in [-0.1, -0.05) is 60.3 Å². The first-order valence-electron chi connectivity index (χ1n) is 11.6. The van der Waals surface area contributed by atoms with Gasteiger partial charge in [-0.05, 0) is 61.3 Å². The van der Waals surface area contributed by atoms with Crippen molar-refractivity contribution in [1.82, 2.24) is 20.9 Å². The molecule has 2 aromatic rings. The number of hydrogen-bond donors (Lipinski definition) is 3. The first-order valence-corrected chi connectivity index (χ1v) is 13.1. The highest BCUT2D eigenvalue weighted by atomic mass is 35.5. The molecule has 3 rings (SSSR count). The van der Waals surface area contributed by atoms with Gasteiger partial charge in [-0.3, -0.25) is 9.59 Å². The lowest BCUT2D eigenvalue weighted by atomic mass is 10.1. The van der Waals surface area contributed by atoms with E-state index in [1.165, 1.54) is 0 Å². The number of nitrogens with zero attached hydrogens (tertiary/aromatic N) is 1. The minimum absolute atomic E-state index is 0.0185. The Morgan fingerprint density at radius 1 is 1.09 bits per heavy atom. The van der Waals surface area contributed by atoms with Gasteiger partial charge in [-0.2, -0.15) is 0 Å². The lowest BCUT2D eigenvalue weighted by molar-refractivity contribution is -0.133. The molecule has 2 atom stereocenters. The van der Waals surface area contributed by atoms with Gasteiger partial charge >= 0.3 is 0 Å². The Kier molecular flexibility index (Phi) is 10.5. The van der Waals surface area contributed by atoms with Crippen LogP contribution in [0.2, 0.25) is 20.1 Å². The Bertz CT molecular complexity index is 1030. The number of carbonyl (C=O) groups excluding carboxylic acids is 2. The van der Waals surface area contributed by atoms with Crippen molar-refractivity contribution in [3.05, 3.63) is 67.6 Å². The highest BCUT2D eigenvalue weighted by molar-refractivity contribution is 6.42. The molecular weight excluding hydrogens is 530 g/mol. The summed E-state index contributed by atoms with van der Waals surface area (Å²) in [5.74, 6) is -0.227. The second-order valence-electron chi connectivity index (χ2n) is 8.98. The highest BCUT2D eigenvalue weighted by Crippen LogP contribution is 2.23. The zero-order chi connectivity index (χ0) is 25.5. The topological polar surface area (TPSA) is 73.5 Å². The van der Waals surface area contributed by atoms with Crippen molar-refractivity contribution in [3.63, 3.8) is 0 Å². The molecule has 0 bridgehead atoms. The molecule has 190 valence electrons. The molecule has 10 heteroatoms. The summed E-state index contributed by atoms with van der Waals surface area (Å²) in [5, 5.41) is 11.6. The number of halogens is 4. The standard InChI is InChI=1S/C25H30Cl4N4O2/c1-15(2)30-7-5-23-25(35)33(14-16-9-18(26)12-19(27)10-16)8-6-20(32-23)13-31-24(34)17-3-4-21(28)22(29)11-17/h3-4,9-12,15,20,23,30,32H,5-8,13-14H2,1-2H3,(H,31,34)/t20-,23-/m0/s1. The van der Waals surface area contributed by atoms with Crippen molar-refractivity contribution in [2.45, 2.75) is 51.4 Å². The third kappa shape index (κ3) is 8.52. The third-order valence-electron chi connectivity index (χ3n) is 5.77. The van der Waals surface area contributed by atoms with E-state index in [4.69, 9.17) is 46.4 Å². The van der Waals surface area contributed by atoms with E-state index < -0.39 is 0 Å². The zero-order valence-electron chi connectivity index (χ0n) is 19.7. The zero-order valence-corrected chi connectivity index (χ0v) is 22.7. The average Bonchev–Trinajstić information content (AvgIpc) is 2.92. The van der Waals surface area contributed by atoms with Gasteiger partial charge in [0.2, 0.25) is 5.91 Å². The summed E-state index contributed by atoms with van der Waals surface area (Å²) >= 11 is 24.3. The van der Waals surface area contributed by atoms with E-state index in [-0.39, 0.29) is 23.9 Å². The van der Waals surface area contributed by atoms with Crippen LogP contribution in [0.5, 0.6) is 0 Å². The van der Waals surface area contributed by atoms with Crippen LogP contribution in [0.1, 0.15) is 42.6 Å². The lowest BCUT2D eigenvalue weighted by Gasteiger charge is -2.25. The molecule has 0 aromatic heterocycles. The minimum Gasteiger partial charge on any atom is -0.350 e. The van der Waals surface area contributed by atoms with E-state index in [0.717, 1.165) is 5.56 Å². The molecule has 0 aliphatic carbocycles. The molecule has 3 N–H and O–H groups in total. The smallest absolute Gasteiger partial charge is 0.251 e. The van der Waals surface area contributed by atoms with E-state index in [1.54, 1.807) is 24.3 Å². The van der Waals surface area contributed by atoms with Crippen LogP contribution < -0.4 is 16.0 Å². The predicted molar refractivity (Wildman–Crippen MR) is 144 cm³/mol. The second kappa shape index (κ2) is 13.1. The molecule has 1 fully saturated rings. The minimum atomic E-state index is -0.384. The van der Waals surface area contributed by atoms with Crippen molar-refractivity contribution in [3.8, 4) is 0 Å². The number of benzene rings is 2. The van der Waals surface area contributed by atoms with Crippen LogP contribution in [0, 0.1) is 0 Å². The van der Waals surface area contributed by atoms with Crippen LogP contribution in [0.25, 0.3) is 0 Å². The molecule has 0 radical (unpaired) electrons. The second-order valence-corrected chi connectivity index (χ2v) is 10.7. The largest absolute Gasteiger partial charge is 0.350 e. The molecule has 0 unspecified atom stereocenters. The van der Waals surface area contributed by atoms with Crippen LogP contribution in [0.4, 0.5) is 0 Å². The Labute approximate surface area is 226 Å². The lowest BCUT2D eigenvalue weighted by Crippen LogP contribution is -2.49. The van der Waals surface area contributed by atoms with Gasteiger partial charge in [0.25, 0.3) is 5.91 Å². The monoisotopic (exact) mass is 558 g/mol. The summed E-state index contributed by atoms with van der Waals surface area (Å²) in [7, 11) is 0. The summed E-state index contributed by atoms with van der Waals surface area (Å²) in [4.78, 5) is 27.9. The number of rotatable bonds is 9. The number of amides is 2. The van der Waals surface area contributed by atoms with Crippen LogP contribution in [-0.4, -0.2) is 54.5 Å². The van der Waals surface area contributed by atoms with Gasteiger partial charge in [0, 0.05) is 47.3 Å². The van der Waals surface area contributed by atoms with Crippen molar-refractivity contribution in [2.75, 3.05) is 19.6 Å². The van der Waals surface area contributed by atoms with E-state index >= 15 is 0 Å². The number of hydrogen-bond acceptors (Lipinski definition) is 4. The summed E-state index contributed by atoms with van der Waals surface area (Å²) in [6, 6.07) is 9.94. The van der Waals surface area contributed by atoms with E-state index in [1.807, 2.05) is 17.0 Å². The fraction of sp³-hybridized carbons (Fsp3) is 0.440. The van der Waals surface area contributed by atoms with Crippen LogP contribution in [-0.2, 0) is 11.3 Å². The molecule has 0 spiro atoms. The SMILES string of the molecule is CC(C)NCC[C@@H]1N[C@H](CNC(=O)c2ccc(Cl)c(Cl)c2)CCN(Cc2cc(Cl)cc(Cl)c2)C1=O. The van der Waals surface area contributed by atoms with Crippen LogP contribution >= 0.6 is 46.4 Å². The molecule has 1 aliphatic rings. The Hall–Kier alpha value is -1.54. The van der Waals surface area contributed by atoms with Gasteiger partial charge in [-0.15, -0.1) is 0 Å². The summed E-state index contributed by atoms with van der Waals surface area (Å²) < 4.78 is 0. The maximum absolute atomic E-state index is 13.4. The van der Waals surface area contributed by atoms with Crippen molar-refractivity contribution >= 4 is 58.2 Å². The maximum Gasteiger partial charge on any atom is 0.251 e. The molecule has 0 saturated carbocycles. The fourth-order valence-electron chi connectivity index (χ4n) is 4.00. The van der Waals surface area contributed by atoms with Crippen molar-refractivity contribution in [1.29, 1.82) is 0 Å².